The molecule has 0 spiro atoms. The molecule has 1 saturated heterocycles. The van der Waals surface area contributed by atoms with E-state index in [4.69, 9.17) is 0 Å². The fraction of sp³-hybridized carbons (Fsp3) is 0.417. The van der Waals surface area contributed by atoms with Gasteiger partial charge in [-0.3, -0.25) is 4.79 Å². The van der Waals surface area contributed by atoms with Crippen molar-refractivity contribution in [2.75, 3.05) is 17.2 Å². The minimum atomic E-state index is -4.44. The third-order valence-corrected chi connectivity index (χ3v) is 4.24. The van der Waals surface area contributed by atoms with Gasteiger partial charge in [0.15, 0.2) is 0 Å². The van der Waals surface area contributed by atoms with Gasteiger partial charge in [-0.25, -0.2) is 0 Å². The van der Waals surface area contributed by atoms with Gasteiger partial charge < -0.3 is 4.90 Å². The molecule has 0 bridgehead atoms. The third kappa shape index (κ3) is 3.08. The van der Waals surface area contributed by atoms with Crippen LogP contribution in [0, 0.1) is 5.92 Å². The molecule has 1 aromatic carbocycles. The van der Waals surface area contributed by atoms with Gasteiger partial charge >= 0.3 is 6.18 Å². The number of hydrogen-bond donors (Lipinski definition) is 1. The first-order chi connectivity index (χ1) is 8.82. The van der Waals surface area contributed by atoms with Crippen LogP contribution in [0.3, 0.4) is 0 Å². The summed E-state index contributed by atoms with van der Waals surface area (Å²) in [5.74, 6) is 0.480. The molecular formula is C12H11BrF3NOS. The van der Waals surface area contributed by atoms with Crippen LogP contribution >= 0.6 is 28.6 Å². The van der Waals surface area contributed by atoms with Crippen molar-refractivity contribution >= 4 is 40.2 Å². The Labute approximate surface area is 122 Å². The number of carbonyl (C=O) groups is 1. The SMILES string of the molecule is O=C1CC(CS)CN1c1ccc(Br)c(C(F)(F)F)c1. The number of amides is 1. The van der Waals surface area contributed by atoms with Crippen LogP contribution in [0.25, 0.3) is 0 Å². The van der Waals surface area contributed by atoms with Crippen molar-refractivity contribution in [3.8, 4) is 0 Å². The Morgan fingerprint density at radius 2 is 2.11 bits per heavy atom. The number of thiol groups is 1. The molecule has 1 aliphatic rings. The molecule has 1 unspecified atom stereocenters. The molecule has 0 aliphatic carbocycles. The number of hydrogen-bond acceptors (Lipinski definition) is 2. The zero-order valence-electron chi connectivity index (χ0n) is 9.75. The standard InChI is InChI=1S/C12H11BrF3NOS/c13-10-2-1-8(4-9(10)12(14,15)16)17-5-7(6-19)3-11(17)18/h1-2,4,7,19H,3,5-6H2. The molecule has 0 saturated carbocycles. The zero-order chi connectivity index (χ0) is 14.2. The number of rotatable bonds is 2. The molecule has 1 aromatic rings. The highest BCUT2D eigenvalue weighted by atomic mass is 79.9. The number of alkyl halides is 3. The molecule has 19 heavy (non-hydrogen) atoms. The van der Waals surface area contributed by atoms with Crippen LogP contribution in [0.15, 0.2) is 22.7 Å². The van der Waals surface area contributed by atoms with Crippen LogP contribution in [0.4, 0.5) is 18.9 Å². The topological polar surface area (TPSA) is 20.3 Å². The summed E-state index contributed by atoms with van der Waals surface area (Å²) in [4.78, 5) is 13.2. The highest BCUT2D eigenvalue weighted by molar-refractivity contribution is 9.10. The fourth-order valence-corrected chi connectivity index (χ4v) is 2.77. The van der Waals surface area contributed by atoms with Crippen molar-refractivity contribution in [2.24, 2.45) is 5.92 Å². The molecule has 7 heteroatoms. The lowest BCUT2D eigenvalue weighted by Crippen LogP contribution is -2.25. The van der Waals surface area contributed by atoms with Gasteiger partial charge in [-0.05, 0) is 29.9 Å². The van der Waals surface area contributed by atoms with Crippen LogP contribution in [0.2, 0.25) is 0 Å². The van der Waals surface area contributed by atoms with Crippen LogP contribution in [0.5, 0.6) is 0 Å². The maximum Gasteiger partial charge on any atom is 0.417 e. The van der Waals surface area contributed by atoms with Crippen LogP contribution in [-0.4, -0.2) is 18.2 Å². The minimum Gasteiger partial charge on any atom is -0.312 e. The number of halogens is 4. The Morgan fingerprint density at radius 1 is 1.42 bits per heavy atom. The summed E-state index contributed by atoms with van der Waals surface area (Å²) in [6, 6.07) is 3.83. The molecule has 2 rings (SSSR count). The summed E-state index contributed by atoms with van der Waals surface area (Å²) in [5.41, 5.74) is -0.489. The maximum absolute atomic E-state index is 12.8. The molecule has 1 amide bonds. The van der Waals surface area contributed by atoms with Crippen LogP contribution in [-0.2, 0) is 11.0 Å². The van der Waals surface area contributed by atoms with E-state index >= 15 is 0 Å². The molecule has 0 N–H and O–H groups in total. The Morgan fingerprint density at radius 3 is 2.63 bits per heavy atom. The average molecular weight is 354 g/mol. The predicted octanol–water partition coefficient (Wildman–Crippen LogP) is 3.75. The maximum atomic E-state index is 12.8. The average Bonchev–Trinajstić information content (AvgIpc) is 2.70. The number of carbonyl (C=O) groups excluding carboxylic acids is 1. The Hall–Kier alpha value is -0.690. The van der Waals surface area contributed by atoms with E-state index in [-0.39, 0.29) is 22.0 Å². The van der Waals surface area contributed by atoms with Crippen molar-refractivity contribution in [3.05, 3.63) is 28.2 Å². The van der Waals surface area contributed by atoms with E-state index in [2.05, 4.69) is 28.6 Å². The molecule has 2 nitrogen and oxygen atoms in total. The molecule has 1 fully saturated rings. The number of nitrogens with zero attached hydrogens (tertiary/aromatic N) is 1. The van der Waals surface area contributed by atoms with Gasteiger partial charge in [0.2, 0.25) is 5.91 Å². The van der Waals surface area contributed by atoms with Gasteiger partial charge in [-0.15, -0.1) is 0 Å². The van der Waals surface area contributed by atoms with E-state index in [0.29, 0.717) is 18.7 Å². The Balaban J connectivity index is 2.34. The van der Waals surface area contributed by atoms with Gasteiger partial charge in [-0.2, -0.15) is 25.8 Å². The van der Waals surface area contributed by atoms with Crippen molar-refractivity contribution in [3.63, 3.8) is 0 Å². The van der Waals surface area contributed by atoms with E-state index in [1.807, 2.05) is 0 Å². The zero-order valence-corrected chi connectivity index (χ0v) is 12.2. The summed E-state index contributed by atoms with van der Waals surface area (Å²) in [6.45, 7) is 0.418. The van der Waals surface area contributed by atoms with E-state index < -0.39 is 11.7 Å². The number of anilines is 1. The molecule has 1 atom stereocenters. The van der Waals surface area contributed by atoms with E-state index in [0.717, 1.165) is 6.07 Å². The smallest absolute Gasteiger partial charge is 0.312 e. The lowest BCUT2D eigenvalue weighted by Gasteiger charge is -2.19. The predicted molar refractivity (Wildman–Crippen MR) is 73.5 cm³/mol. The van der Waals surface area contributed by atoms with Crippen molar-refractivity contribution < 1.29 is 18.0 Å². The summed E-state index contributed by atoms with van der Waals surface area (Å²) in [6.07, 6.45) is -4.11. The quantitative estimate of drug-likeness (QED) is 0.803. The van der Waals surface area contributed by atoms with Gasteiger partial charge in [0.05, 0.1) is 5.56 Å². The lowest BCUT2D eigenvalue weighted by molar-refractivity contribution is -0.138. The summed E-state index contributed by atoms with van der Waals surface area (Å²) < 4.78 is 38.4. The molecule has 1 heterocycles. The minimum absolute atomic E-state index is 0.0267. The second kappa shape index (κ2) is 5.36. The summed E-state index contributed by atoms with van der Waals surface area (Å²) in [7, 11) is 0. The highest BCUT2D eigenvalue weighted by Gasteiger charge is 2.35. The van der Waals surface area contributed by atoms with Crippen molar-refractivity contribution in [1.82, 2.24) is 0 Å². The van der Waals surface area contributed by atoms with Gasteiger partial charge in [0, 0.05) is 23.1 Å². The Kier molecular flexibility index (Phi) is 4.15. The number of benzene rings is 1. The summed E-state index contributed by atoms with van der Waals surface area (Å²) in [5, 5.41) is 0. The summed E-state index contributed by atoms with van der Waals surface area (Å²) >= 11 is 7.01. The normalized spacial score (nSPS) is 20.2. The molecular weight excluding hydrogens is 343 g/mol. The first kappa shape index (κ1) is 14.7. The largest absolute Gasteiger partial charge is 0.417 e. The highest BCUT2D eigenvalue weighted by Crippen LogP contribution is 2.38. The van der Waals surface area contributed by atoms with Gasteiger partial charge in [0.1, 0.15) is 0 Å². The third-order valence-electron chi connectivity index (χ3n) is 3.03. The van der Waals surface area contributed by atoms with E-state index in [1.54, 1.807) is 0 Å². The Bertz CT molecular complexity index is 506. The van der Waals surface area contributed by atoms with Gasteiger partial charge in [-0.1, -0.05) is 15.9 Å². The van der Waals surface area contributed by atoms with Crippen molar-refractivity contribution in [2.45, 2.75) is 12.6 Å². The fourth-order valence-electron chi connectivity index (χ4n) is 2.05. The second-order valence-corrected chi connectivity index (χ2v) is 5.64. The van der Waals surface area contributed by atoms with Crippen LogP contribution < -0.4 is 4.90 Å². The first-order valence-corrected chi connectivity index (χ1v) is 7.03. The van der Waals surface area contributed by atoms with Crippen molar-refractivity contribution in [1.29, 1.82) is 0 Å². The first-order valence-electron chi connectivity index (χ1n) is 5.61. The molecule has 0 radical (unpaired) electrons. The molecule has 0 aromatic heterocycles. The van der Waals surface area contributed by atoms with E-state index in [9.17, 15) is 18.0 Å². The monoisotopic (exact) mass is 353 g/mol. The van der Waals surface area contributed by atoms with Crippen LogP contribution in [0.1, 0.15) is 12.0 Å². The van der Waals surface area contributed by atoms with Gasteiger partial charge in [0.25, 0.3) is 0 Å². The van der Waals surface area contributed by atoms with E-state index in [1.165, 1.54) is 17.0 Å². The molecule has 104 valence electrons. The second-order valence-electron chi connectivity index (χ2n) is 4.42. The molecule has 1 aliphatic heterocycles. The lowest BCUT2D eigenvalue weighted by atomic mass is 10.1.